The van der Waals surface area contributed by atoms with Gasteiger partial charge in [0.15, 0.2) is 0 Å². The lowest BCUT2D eigenvalue weighted by Gasteiger charge is -2.34. The summed E-state index contributed by atoms with van der Waals surface area (Å²) in [4.78, 5) is 8.72. The first-order valence-corrected chi connectivity index (χ1v) is 11.2. The molecule has 3 atom stereocenters. The summed E-state index contributed by atoms with van der Waals surface area (Å²) in [5.74, 6) is -0.302. The van der Waals surface area contributed by atoms with Gasteiger partial charge in [-0.25, -0.2) is 9.37 Å². The third-order valence-corrected chi connectivity index (χ3v) is 6.41. The van der Waals surface area contributed by atoms with E-state index in [0.717, 1.165) is 47.2 Å². The van der Waals surface area contributed by atoms with Gasteiger partial charge in [-0.1, -0.05) is 12.1 Å². The maximum atomic E-state index is 14.5. The predicted octanol–water partition coefficient (Wildman–Crippen LogP) is 3.49. The summed E-state index contributed by atoms with van der Waals surface area (Å²) in [7, 11) is 0. The van der Waals surface area contributed by atoms with E-state index in [9.17, 15) is 9.50 Å². The van der Waals surface area contributed by atoms with Gasteiger partial charge in [0.1, 0.15) is 17.0 Å². The molecule has 7 heteroatoms. The highest BCUT2D eigenvalue weighted by Crippen LogP contribution is 2.22. The van der Waals surface area contributed by atoms with E-state index in [4.69, 9.17) is 0 Å². The van der Waals surface area contributed by atoms with Gasteiger partial charge in [0, 0.05) is 60.4 Å². The minimum absolute atomic E-state index is 0.00122. The number of fused-ring (bicyclic) bond motifs is 2. The van der Waals surface area contributed by atoms with E-state index in [1.165, 1.54) is 6.07 Å². The summed E-state index contributed by atoms with van der Waals surface area (Å²) in [6, 6.07) is 11.7. The molecule has 6 nitrogen and oxygen atoms in total. The van der Waals surface area contributed by atoms with Gasteiger partial charge >= 0.3 is 0 Å². The van der Waals surface area contributed by atoms with Crippen molar-refractivity contribution in [1.29, 1.82) is 0 Å². The molecule has 0 bridgehead atoms. The number of aliphatic hydroxyl groups is 1. The van der Waals surface area contributed by atoms with E-state index in [1.807, 2.05) is 48.0 Å². The Balaban J connectivity index is 1.16. The van der Waals surface area contributed by atoms with Gasteiger partial charge in [0.05, 0.1) is 6.10 Å². The molecule has 0 spiro atoms. The molecule has 0 unspecified atom stereocenters. The molecule has 0 saturated heterocycles. The second-order valence-corrected chi connectivity index (χ2v) is 8.74. The molecule has 4 aromatic rings. The lowest BCUT2D eigenvalue weighted by atomic mass is 9.88. The van der Waals surface area contributed by atoms with E-state index in [2.05, 4.69) is 26.7 Å². The molecule has 1 aliphatic rings. The molecule has 0 radical (unpaired) electrons. The van der Waals surface area contributed by atoms with Crippen LogP contribution in [0.3, 0.4) is 0 Å². The number of hydrogen-bond donors (Lipinski definition) is 3. The Bertz CT molecular complexity index is 1240. The number of aliphatic hydroxyl groups excluding tert-OH is 1. The standard InChI is InChI=1S/C25H28FN5O/c1-16-4-5-18-11-17(12-21(26)24(18)30-16)14-29-22-7-6-20(13-23(22)32)28-15-19-3-2-9-31-10-8-27-25(19)31/h2-5,8-12,20,22-23,28-29,32H,6-7,13-15H2,1H3/t20-,22-,23+/m0/s1. The smallest absolute Gasteiger partial charge is 0.149 e. The van der Waals surface area contributed by atoms with E-state index in [-0.39, 0.29) is 17.9 Å². The number of rotatable bonds is 6. The van der Waals surface area contributed by atoms with Crippen molar-refractivity contribution >= 4 is 16.6 Å². The zero-order valence-corrected chi connectivity index (χ0v) is 18.1. The molecule has 0 aliphatic heterocycles. The number of benzene rings is 1. The molecule has 3 N–H and O–H groups in total. The molecule has 0 amide bonds. The van der Waals surface area contributed by atoms with E-state index >= 15 is 0 Å². The monoisotopic (exact) mass is 433 g/mol. The summed E-state index contributed by atoms with van der Waals surface area (Å²) < 4.78 is 16.5. The number of aromatic nitrogens is 3. The van der Waals surface area contributed by atoms with Crippen LogP contribution in [-0.2, 0) is 13.1 Å². The fraction of sp³-hybridized carbons (Fsp3) is 0.360. The highest BCUT2D eigenvalue weighted by Gasteiger charge is 2.28. The maximum absolute atomic E-state index is 14.5. The first-order chi connectivity index (χ1) is 15.6. The largest absolute Gasteiger partial charge is 0.391 e. The molecule has 3 aromatic heterocycles. The Labute approximate surface area is 186 Å². The predicted molar refractivity (Wildman–Crippen MR) is 123 cm³/mol. The van der Waals surface area contributed by atoms with Crippen LogP contribution >= 0.6 is 0 Å². The lowest BCUT2D eigenvalue weighted by Crippen LogP contribution is -2.48. The van der Waals surface area contributed by atoms with Gasteiger partial charge < -0.3 is 20.1 Å². The highest BCUT2D eigenvalue weighted by molar-refractivity contribution is 5.80. The number of hydrogen-bond acceptors (Lipinski definition) is 5. The minimum atomic E-state index is -0.446. The van der Waals surface area contributed by atoms with Crippen LogP contribution in [0.2, 0.25) is 0 Å². The van der Waals surface area contributed by atoms with E-state index in [0.29, 0.717) is 18.5 Å². The van der Waals surface area contributed by atoms with Crippen LogP contribution in [0.25, 0.3) is 16.6 Å². The summed E-state index contributed by atoms with van der Waals surface area (Å²) in [5, 5.41) is 18.5. The summed E-state index contributed by atoms with van der Waals surface area (Å²) >= 11 is 0. The summed E-state index contributed by atoms with van der Waals surface area (Å²) in [6.45, 7) is 3.10. The summed E-state index contributed by atoms with van der Waals surface area (Å²) in [6.07, 6.45) is 7.82. The first-order valence-electron chi connectivity index (χ1n) is 11.2. The van der Waals surface area contributed by atoms with Gasteiger partial charge in [-0.05, 0) is 56.0 Å². The molecule has 1 fully saturated rings. The zero-order valence-electron chi connectivity index (χ0n) is 18.1. The molecule has 1 saturated carbocycles. The fourth-order valence-corrected chi connectivity index (χ4v) is 4.67. The number of imidazole rings is 1. The van der Waals surface area contributed by atoms with Crippen LogP contribution in [0.15, 0.2) is 55.0 Å². The third-order valence-electron chi connectivity index (χ3n) is 6.41. The van der Waals surface area contributed by atoms with Crippen LogP contribution in [0.4, 0.5) is 4.39 Å². The highest BCUT2D eigenvalue weighted by atomic mass is 19.1. The molecule has 5 rings (SSSR count). The van der Waals surface area contributed by atoms with E-state index < -0.39 is 6.10 Å². The molecule has 1 aliphatic carbocycles. The Morgan fingerprint density at radius 2 is 2.03 bits per heavy atom. The average molecular weight is 434 g/mol. The summed E-state index contributed by atoms with van der Waals surface area (Å²) in [5.41, 5.74) is 4.18. The fourth-order valence-electron chi connectivity index (χ4n) is 4.67. The second-order valence-electron chi connectivity index (χ2n) is 8.74. The van der Waals surface area contributed by atoms with Crippen molar-refractivity contribution in [2.75, 3.05) is 0 Å². The van der Waals surface area contributed by atoms with Gasteiger partial charge in [0.25, 0.3) is 0 Å². The average Bonchev–Trinajstić information content (AvgIpc) is 3.27. The van der Waals surface area contributed by atoms with Crippen LogP contribution in [-0.4, -0.2) is 37.7 Å². The van der Waals surface area contributed by atoms with Gasteiger partial charge in [-0.15, -0.1) is 0 Å². The van der Waals surface area contributed by atoms with Crippen molar-refractivity contribution in [2.24, 2.45) is 0 Å². The van der Waals surface area contributed by atoms with Crippen LogP contribution in [0.5, 0.6) is 0 Å². The first kappa shape index (κ1) is 21.0. The minimum Gasteiger partial charge on any atom is -0.391 e. The zero-order chi connectivity index (χ0) is 22.1. The van der Waals surface area contributed by atoms with E-state index in [1.54, 1.807) is 6.20 Å². The van der Waals surface area contributed by atoms with Crippen molar-refractivity contribution < 1.29 is 9.50 Å². The Hall–Kier alpha value is -2.87. The quantitative estimate of drug-likeness (QED) is 0.434. The van der Waals surface area contributed by atoms with Crippen molar-refractivity contribution in [2.45, 2.75) is 57.5 Å². The number of pyridine rings is 2. The SMILES string of the molecule is Cc1ccc2cc(CN[C@H]3CC[C@H](NCc4cccn5ccnc45)C[C@H]3O)cc(F)c2n1. The Morgan fingerprint density at radius 1 is 1.12 bits per heavy atom. The molecular weight excluding hydrogens is 405 g/mol. The van der Waals surface area contributed by atoms with Crippen LogP contribution in [0.1, 0.15) is 36.1 Å². The van der Waals surface area contributed by atoms with Crippen molar-refractivity contribution in [1.82, 2.24) is 25.0 Å². The lowest BCUT2D eigenvalue weighted by molar-refractivity contribution is 0.0742. The molecule has 3 heterocycles. The van der Waals surface area contributed by atoms with Crippen molar-refractivity contribution in [3.63, 3.8) is 0 Å². The van der Waals surface area contributed by atoms with Crippen molar-refractivity contribution in [3.05, 3.63) is 77.6 Å². The van der Waals surface area contributed by atoms with Gasteiger partial charge in [0.2, 0.25) is 0 Å². The Kier molecular flexibility index (Phi) is 5.87. The topological polar surface area (TPSA) is 74.5 Å². The molecule has 32 heavy (non-hydrogen) atoms. The normalized spacial score (nSPS) is 21.4. The molecule has 166 valence electrons. The maximum Gasteiger partial charge on any atom is 0.149 e. The number of aryl methyl sites for hydroxylation is 1. The molecular formula is C25H28FN5O. The van der Waals surface area contributed by atoms with Crippen LogP contribution < -0.4 is 10.6 Å². The molecule has 1 aromatic carbocycles. The number of nitrogens with zero attached hydrogens (tertiary/aromatic N) is 3. The van der Waals surface area contributed by atoms with Crippen LogP contribution in [0, 0.1) is 12.7 Å². The third kappa shape index (κ3) is 4.37. The second kappa shape index (κ2) is 8.94. The van der Waals surface area contributed by atoms with Crippen molar-refractivity contribution in [3.8, 4) is 0 Å². The van der Waals surface area contributed by atoms with Gasteiger partial charge in [-0.2, -0.15) is 0 Å². The number of nitrogens with one attached hydrogen (secondary N) is 2. The number of halogens is 1. The van der Waals surface area contributed by atoms with Gasteiger partial charge in [-0.3, -0.25) is 4.98 Å². The Morgan fingerprint density at radius 3 is 2.91 bits per heavy atom.